The smallest absolute Gasteiger partial charge is 0.238 e. The highest BCUT2D eigenvalue weighted by molar-refractivity contribution is 5.92. The van der Waals surface area contributed by atoms with Crippen LogP contribution < -0.4 is 10.6 Å². The van der Waals surface area contributed by atoms with Gasteiger partial charge in [0.15, 0.2) is 0 Å². The molecule has 21 heavy (non-hydrogen) atoms. The molecule has 0 radical (unpaired) electrons. The van der Waals surface area contributed by atoms with Crippen LogP contribution in [-0.4, -0.2) is 18.5 Å². The summed E-state index contributed by atoms with van der Waals surface area (Å²) in [6.45, 7) is 2.07. The van der Waals surface area contributed by atoms with E-state index in [1.165, 1.54) is 38.2 Å². The number of rotatable bonds is 4. The van der Waals surface area contributed by atoms with Crippen LogP contribution in [0.4, 0.5) is 10.1 Å². The Morgan fingerprint density at radius 3 is 2.52 bits per heavy atom. The minimum absolute atomic E-state index is 0.181. The number of hydrogen-bond acceptors (Lipinski definition) is 2. The molecular weight excluding hydrogens is 267 g/mol. The van der Waals surface area contributed by atoms with E-state index < -0.39 is 0 Å². The highest BCUT2D eigenvalue weighted by atomic mass is 19.1. The molecule has 1 amide bonds. The zero-order valence-electron chi connectivity index (χ0n) is 12.8. The van der Waals surface area contributed by atoms with Crippen molar-refractivity contribution in [3.05, 3.63) is 29.6 Å². The molecule has 0 saturated heterocycles. The Morgan fingerprint density at radius 1 is 1.19 bits per heavy atom. The van der Waals surface area contributed by atoms with Crippen molar-refractivity contribution in [3.8, 4) is 0 Å². The second kappa shape index (κ2) is 8.13. The van der Waals surface area contributed by atoms with Gasteiger partial charge < -0.3 is 10.6 Å². The summed E-state index contributed by atoms with van der Waals surface area (Å²) >= 11 is 0. The summed E-state index contributed by atoms with van der Waals surface area (Å²) in [4.78, 5) is 11.9. The average Bonchev–Trinajstić information content (AvgIpc) is 2.41. The van der Waals surface area contributed by atoms with E-state index in [0.29, 0.717) is 6.04 Å². The van der Waals surface area contributed by atoms with Gasteiger partial charge in [-0.3, -0.25) is 4.79 Å². The zero-order chi connectivity index (χ0) is 15.1. The lowest BCUT2D eigenvalue weighted by Crippen LogP contribution is -2.36. The molecular formula is C17H25FN2O. The number of nitrogens with one attached hydrogen (secondary N) is 2. The van der Waals surface area contributed by atoms with Gasteiger partial charge in [-0.05, 0) is 37.5 Å². The molecule has 2 N–H and O–H groups in total. The number of anilines is 1. The fraction of sp³-hybridized carbons (Fsp3) is 0.588. The first-order valence-corrected chi connectivity index (χ1v) is 7.94. The molecule has 1 aromatic carbocycles. The molecule has 0 atom stereocenters. The second-order valence-electron chi connectivity index (χ2n) is 5.95. The molecule has 1 aliphatic carbocycles. The summed E-state index contributed by atoms with van der Waals surface area (Å²) in [6, 6.07) is 5.25. The van der Waals surface area contributed by atoms with Crippen molar-refractivity contribution in [1.82, 2.24) is 5.32 Å². The Balaban J connectivity index is 1.78. The van der Waals surface area contributed by atoms with E-state index in [4.69, 9.17) is 0 Å². The van der Waals surface area contributed by atoms with E-state index >= 15 is 0 Å². The maximum Gasteiger partial charge on any atom is 0.238 e. The lowest BCUT2D eigenvalue weighted by Gasteiger charge is -2.20. The van der Waals surface area contributed by atoms with E-state index in [0.717, 1.165) is 18.4 Å². The first-order valence-electron chi connectivity index (χ1n) is 7.94. The first-order chi connectivity index (χ1) is 10.1. The van der Waals surface area contributed by atoms with Crippen molar-refractivity contribution < 1.29 is 9.18 Å². The molecule has 4 heteroatoms. The lowest BCUT2D eigenvalue weighted by atomic mass is 9.97. The predicted molar refractivity (Wildman–Crippen MR) is 83.9 cm³/mol. The van der Waals surface area contributed by atoms with Crippen LogP contribution in [0.2, 0.25) is 0 Å². The number of benzene rings is 1. The molecule has 2 rings (SSSR count). The molecule has 3 nitrogen and oxygen atoms in total. The average molecular weight is 292 g/mol. The fourth-order valence-electron chi connectivity index (χ4n) is 2.81. The second-order valence-corrected chi connectivity index (χ2v) is 5.95. The van der Waals surface area contributed by atoms with Gasteiger partial charge >= 0.3 is 0 Å². The van der Waals surface area contributed by atoms with Gasteiger partial charge in [0.05, 0.1) is 12.2 Å². The fourth-order valence-corrected chi connectivity index (χ4v) is 2.81. The van der Waals surface area contributed by atoms with E-state index in [1.54, 1.807) is 12.1 Å². The van der Waals surface area contributed by atoms with Gasteiger partial charge in [0.1, 0.15) is 5.82 Å². The third-order valence-electron chi connectivity index (χ3n) is 4.06. The van der Waals surface area contributed by atoms with Crippen LogP contribution in [0.5, 0.6) is 0 Å². The molecule has 0 unspecified atom stereocenters. The zero-order valence-corrected chi connectivity index (χ0v) is 12.8. The van der Waals surface area contributed by atoms with E-state index in [9.17, 15) is 9.18 Å². The quantitative estimate of drug-likeness (QED) is 0.887. The highest BCUT2D eigenvalue weighted by Gasteiger charge is 2.13. The van der Waals surface area contributed by atoms with Crippen molar-refractivity contribution in [2.75, 3.05) is 11.9 Å². The molecule has 116 valence electrons. The normalized spacial score (nSPS) is 17.0. The Morgan fingerprint density at radius 2 is 1.86 bits per heavy atom. The largest absolute Gasteiger partial charge is 0.322 e. The van der Waals surface area contributed by atoms with Crippen LogP contribution >= 0.6 is 0 Å². The van der Waals surface area contributed by atoms with Gasteiger partial charge in [0.2, 0.25) is 5.91 Å². The summed E-state index contributed by atoms with van der Waals surface area (Å²) in [7, 11) is 0. The van der Waals surface area contributed by atoms with E-state index in [-0.39, 0.29) is 24.0 Å². The minimum atomic E-state index is -0.380. The maximum absolute atomic E-state index is 13.7. The van der Waals surface area contributed by atoms with Gasteiger partial charge in [0, 0.05) is 6.04 Å². The molecule has 0 heterocycles. The molecule has 1 fully saturated rings. The molecule has 0 bridgehead atoms. The standard InChI is InChI=1S/C17H25FN2O/c1-13-9-10-16(15(18)11-13)20-17(21)12-19-14-7-5-3-2-4-6-8-14/h9-11,14,19H,2-8,12H2,1H3,(H,20,21). The SMILES string of the molecule is Cc1ccc(NC(=O)CNC2CCCCCCC2)c(F)c1. The molecule has 0 spiro atoms. The van der Waals surface area contributed by atoms with Crippen molar-refractivity contribution >= 4 is 11.6 Å². The van der Waals surface area contributed by atoms with Gasteiger partial charge in [-0.15, -0.1) is 0 Å². The predicted octanol–water partition coefficient (Wildman–Crippen LogP) is 3.78. The highest BCUT2D eigenvalue weighted by Crippen LogP contribution is 2.17. The van der Waals surface area contributed by atoms with Gasteiger partial charge in [-0.25, -0.2) is 4.39 Å². The van der Waals surface area contributed by atoms with E-state index in [1.807, 2.05) is 6.92 Å². The molecule has 0 aromatic heterocycles. The summed E-state index contributed by atoms with van der Waals surface area (Å²) < 4.78 is 13.7. The van der Waals surface area contributed by atoms with Crippen molar-refractivity contribution in [2.45, 2.75) is 57.9 Å². The van der Waals surface area contributed by atoms with Crippen LogP contribution in [0, 0.1) is 12.7 Å². The van der Waals surface area contributed by atoms with Crippen LogP contribution in [-0.2, 0) is 4.79 Å². The van der Waals surface area contributed by atoms with Crippen molar-refractivity contribution in [3.63, 3.8) is 0 Å². The Kier molecular flexibility index (Phi) is 6.18. The van der Waals surface area contributed by atoms with Crippen LogP contribution in [0.3, 0.4) is 0 Å². The summed E-state index contributed by atoms with van der Waals surface area (Å²) in [6.07, 6.45) is 8.63. The van der Waals surface area contributed by atoms with Gasteiger partial charge in [-0.2, -0.15) is 0 Å². The summed E-state index contributed by atoms with van der Waals surface area (Å²) in [5.41, 5.74) is 1.10. The minimum Gasteiger partial charge on any atom is -0.322 e. The van der Waals surface area contributed by atoms with Crippen LogP contribution in [0.15, 0.2) is 18.2 Å². The number of carbonyl (C=O) groups is 1. The van der Waals surface area contributed by atoms with Crippen molar-refractivity contribution in [1.29, 1.82) is 0 Å². The number of hydrogen-bond donors (Lipinski definition) is 2. The Hall–Kier alpha value is -1.42. The van der Waals surface area contributed by atoms with Crippen LogP contribution in [0.1, 0.15) is 50.5 Å². The number of amides is 1. The van der Waals surface area contributed by atoms with E-state index in [2.05, 4.69) is 10.6 Å². The first kappa shape index (κ1) is 16.0. The number of halogens is 1. The molecule has 0 aliphatic heterocycles. The molecule has 1 aliphatic rings. The number of carbonyl (C=O) groups excluding carboxylic acids is 1. The van der Waals surface area contributed by atoms with Crippen molar-refractivity contribution in [2.24, 2.45) is 0 Å². The number of aryl methyl sites for hydroxylation is 1. The summed E-state index contributed by atoms with van der Waals surface area (Å²) in [5.74, 6) is -0.561. The summed E-state index contributed by atoms with van der Waals surface area (Å²) in [5, 5.41) is 5.93. The third kappa shape index (κ3) is 5.46. The molecule has 1 aromatic rings. The maximum atomic E-state index is 13.7. The lowest BCUT2D eigenvalue weighted by molar-refractivity contribution is -0.115. The topological polar surface area (TPSA) is 41.1 Å². The Bertz CT molecular complexity index is 468. The van der Waals surface area contributed by atoms with Gasteiger partial charge in [0.25, 0.3) is 0 Å². The Labute approximate surface area is 126 Å². The van der Waals surface area contributed by atoms with Crippen LogP contribution in [0.25, 0.3) is 0 Å². The third-order valence-corrected chi connectivity index (χ3v) is 4.06. The monoisotopic (exact) mass is 292 g/mol. The van der Waals surface area contributed by atoms with Gasteiger partial charge in [-0.1, -0.05) is 38.2 Å². The molecule has 1 saturated carbocycles.